The van der Waals surface area contributed by atoms with E-state index in [0.29, 0.717) is 15.5 Å². The van der Waals surface area contributed by atoms with Crippen molar-refractivity contribution >= 4 is 33.2 Å². The second-order valence-corrected chi connectivity index (χ2v) is 9.75. The monoisotopic (exact) mass is 533 g/mol. The summed E-state index contributed by atoms with van der Waals surface area (Å²) in [5.41, 5.74) is 9.07. The van der Waals surface area contributed by atoms with Crippen LogP contribution in [0.2, 0.25) is 0 Å². The Kier molecular flexibility index (Phi) is 8.95. The van der Waals surface area contributed by atoms with Crippen LogP contribution < -0.4 is 26.4 Å². The molecule has 2 amide bonds. The average molecular weight is 533 g/mol. The third kappa shape index (κ3) is 6.70. The number of nitrogens with one attached hydrogen (secondary N) is 3. The molecule has 9 heteroatoms. The number of carbonyl (C=O) groups excluding carboxylic acids is 2. The van der Waals surface area contributed by atoms with Crippen molar-refractivity contribution in [3.05, 3.63) is 53.1 Å². The zero-order valence-electron chi connectivity index (χ0n) is 18.2. The summed E-state index contributed by atoms with van der Waals surface area (Å²) >= 11 is 3.04. The Hall–Kier alpha value is -2.10. The van der Waals surface area contributed by atoms with Crippen LogP contribution in [0.15, 0.2) is 41.3 Å². The van der Waals surface area contributed by atoms with Gasteiger partial charge in [0.15, 0.2) is 0 Å². The van der Waals surface area contributed by atoms with Crippen LogP contribution in [-0.4, -0.2) is 28.3 Å². The van der Waals surface area contributed by atoms with E-state index >= 15 is 0 Å². The number of hydrogen-bond donors (Lipinski definition) is 4. The molecule has 7 nitrogen and oxygen atoms in total. The van der Waals surface area contributed by atoms with Gasteiger partial charge in [-0.05, 0) is 24.6 Å². The summed E-state index contributed by atoms with van der Waals surface area (Å²) in [5.74, 6) is 0.958. The predicted molar refractivity (Wildman–Crippen MR) is 125 cm³/mol. The van der Waals surface area contributed by atoms with E-state index in [1.807, 2.05) is 12.1 Å². The minimum absolute atomic E-state index is 0.0972. The maximum atomic E-state index is 12.7. The van der Waals surface area contributed by atoms with Crippen molar-refractivity contribution in [2.75, 3.05) is 17.8 Å². The number of amides is 2. The van der Waals surface area contributed by atoms with Crippen LogP contribution in [0.25, 0.3) is 0 Å². The Morgan fingerprint density at radius 1 is 1.28 bits per heavy atom. The molecular formula is C23H28N4NbO3S. The molecule has 1 aliphatic rings. The molecule has 0 spiro atoms. The van der Waals surface area contributed by atoms with E-state index in [4.69, 9.17) is 10.5 Å². The standard InChI is InChI=1S/C23H28N4O3S.Nb/c1-3-4-8-19(18-11-20-21(9-15(18)2)31-14-30-20)27-22(28)12-25-23(29)16-6-5-7-17(10-16)26-13-24;/h5-7,9-11,19,26H,3-4,8,12,14,24H2,1-2H3,(H,25,29)(H,27,28);. The van der Waals surface area contributed by atoms with Crippen LogP contribution in [0.1, 0.15) is 53.7 Å². The second-order valence-electron chi connectivity index (χ2n) is 7.60. The maximum absolute atomic E-state index is 12.7. The third-order valence-corrected chi connectivity index (χ3v) is 6.27. The topological polar surface area (TPSA) is 105 Å². The summed E-state index contributed by atoms with van der Waals surface area (Å²) in [5, 5.41) is 8.80. The molecule has 0 saturated heterocycles. The number of ether oxygens (including phenoxy) is 1. The van der Waals surface area contributed by atoms with E-state index in [9.17, 15) is 9.59 Å². The van der Waals surface area contributed by atoms with Crippen LogP contribution in [0.3, 0.4) is 0 Å². The third-order valence-electron chi connectivity index (χ3n) is 5.12. The van der Waals surface area contributed by atoms with Crippen LogP contribution in [0.5, 0.6) is 5.75 Å². The second kappa shape index (κ2) is 11.7. The van der Waals surface area contributed by atoms with Crippen LogP contribution >= 0.6 is 11.8 Å². The minimum Gasteiger partial charge on any atom is -0.481 e. The fourth-order valence-electron chi connectivity index (χ4n) is 3.54. The van der Waals surface area contributed by atoms with Gasteiger partial charge in [0.1, 0.15) is 11.7 Å². The van der Waals surface area contributed by atoms with E-state index in [1.54, 1.807) is 30.0 Å². The van der Waals surface area contributed by atoms with Crippen molar-refractivity contribution < 1.29 is 34.9 Å². The number of hydrogen-bond acceptors (Lipinski definition) is 6. The van der Waals surface area contributed by atoms with E-state index in [2.05, 4.69) is 35.9 Å². The Bertz CT molecular complexity index is 1010. The van der Waals surface area contributed by atoms with Crippen molar-refractivity contribution in [3.63, 3.8) is 0 Å². The molecule has 2 aromatic carbocycles. The van der Waals surface area contributed by atoms with Crippen LogP contribution in [0, 0.1) is 6.92 Å². The van der Waals surface area contributed by atoms with Gasteiger partial charge in [-0.2, -0.15) is 0 Å². The molecular weight excluding hydrogens is 505 g/mol. The minimum atomic E-state index is -0.313. The number of fused-ring (bicyclic) bond motifs is 1. The molecule has 0 saturated carbocycles. The molecule has 1 unspecified atom stereocenters. The van der Waals surface area contributed by atoms with Crippen LogP contribution in [0.4, 0.5) is 5.69 Å². The van der Waals surface area contributed by atoms with Crippen molar-refractivity contribution in [2.45, 2.75) is 44.0 Å². The molecule has 3 rings (SSSR count). The van der Waals surface area contributed by atoms with Gasteiger partial charge in [0, 0.05) is 0 Å². The first-order valence-electron chi connectivity index (χ1n) is 10.5. The van der Waals surface area contributed by atoms with Gasteiger partial charge in [-0.1, -0.05) is 31.5 Å². The quantitative estimate of drug-likeness (QED) is 0.350. The molecule has 0 fully saturated rings. The van der Waals surface area contributed by atoms with E-state index in [-0.39, 0.29) is 24.4 Å². The number of rotatable bonds is 10. The summed E-state index contributed by atoms with van der Waals surface area (Å²) in [6.45, 7) is 4.09. The SMILES string of the molecule is CCCCC(NC(=O)CNC(=O)c1cccc(N[C](N)=[Nb])c1)c1cc2c(cc1C)SCO2. The summed E-state index contributed by atoms with van der Waals surface area (Å²) in [6.07, 6.45) is 2.85. The van der Waals surface area contributed by atoms with Gasteiger partial charge in [-0.25, -0.2) is 0 Å². The van der Waals surface area contributed by atoms with Gasteiger partial charge in [0.05, 0.1) is 4.90 Å². The Labute approximate surface area is 204 Å². The summed E-state index contributed by atoms with van der Waals surface area (Å²) in [7, 11) is 0. The number of thioether (sulfide) groups is 1. The van der Waals surface area contributed by atoms with Gasteiger partial charge >= 0.3 is 128 Å². The Morgan fingerprint density at radius 2 is 2.09 bits per heavy atom. The Morgan fingerprint density at radius 3 is 2.84 bits per heavy atom. The fourth-order valence-corrected chi connectivity index (χ4v) is 4.69. The molecule has 169 valence electrons. The van der Waals surface area contributed by atoms with Crippen molar-refractivity contribution in [3.8, 4) is 5.75 Å². The van der Waals surface area contributed by atoms with Crippen molar-refractivity contribution in [2.24, 2.45) is 5.73 Å². The predicted octanol–water partition coefficient (Wildman–Crippen LogP) is 3.22. The van der Waals surface area contributed by atoms with Gasteiger partial charge in [0.2, 0.25) is 0 Å². The smallest absolute Gasteiger partial charge is 0.481 e. The van der Waals surface area contributed by atoms with E-state index < -0.39 is 0 Å². The molecule has 1 atom stereocenters. The molecule has 1 heterocycles. The van der Waals surface area contributed by atoms with Gasteiger partial charge < -0.3 is 4.74 Å². The number of anilines is 1. The first-order valence-corrected chi connectivity index (χ1v) is 12.6. The zero-order chi connectivity index (χ0) is 23.1. The number of nitrogens with two attached hydrogens (primary N) is 1. The first kappa shape index (κ1) is 24.5. The number of aryl methyl sites for hydroxylation is 1. The molecule has 32 heavy (non-hydrogen) atoms. The van der Waals surface area contributed by atoms with Crippen molar-refractivity contribution in [1.29, 1.82) is 0 Å². The Balaban J connectivity index is 1.63. The molecule has 2 aromatic rings. The van der Waals surface area contributed by atoms with Crippen LogP contribution in [-0.2, 0) is 25.4 Å². The average Bonchev–Trinajstić information content (AvgIpc) is 3.21. The van der Waals surface area contributed by atoms with Crippen molar-refractivity contribution in [1.82, 2.24) is 10.6 Å². The van der Waals surface area contributed by atoms with Gasteiger partial charge in [0.25, 0.3) is 0 Å². The van der Waals surface area contributed by atoms with Gasteiger partial charge in [-0.3, -0.25) is 0 Å². The number of carbonyl (C=O) groups is 2. The molecule has 5 N–H and O–H groups in total. The van der Waals surface area contributed by atoms with E-state index in [1.165, 1.54) is 20.6 Å². The number of unbranched alkanes of at least 4 members (excludes halogenated alkanes) is 1. The molecule has 0 radical (unpaired) electrons. The van der Waals surface area contributed by atoms with E-state index in [0.717, 1.165) is 46.7 Å². The molecule has 0 aromatic heterocycles. The normalized spacial score (nSPS) is 12.9. The molecule has 0 bridgehead atoms. The summed E-state index contributed by atoms with van der Waals surface area (Å²) in [4.78, 5) is 26.4. The first-order chi connectivity index (χ1) is 15.4. The zero-order valence-corrected chi connectivity index (χ0v) is 21.2. The number of benzene rings is 2. The van der Waals surface area contributed by atoms with Gasteiger partial charge in [-0.15, -0.1) is 0 Å². The summed E-state index contributed by atoms with van der Waals surface area (Å²) in [6, 6.07) is 11.0. The fraction of sp³-hybridized carbons (Fsp3) is 0.348. The summed E-state index contributed by atoms with van der Waals surface area (Å²) < 4.78 is 6.28. The molecule has 0 aliphatic carbocycles. The molecule has 1 aliphatic heterocycles.